The number of rotatable bonds is 1. The Morgan fingerprint density at radius 3 is 2.62 bits per heavy atom. The third kappa shape index (κ3) is 2.22. The second-order valence-corrected chi connectivity index (χ2v) is 4.26. The van der Waals surface area contributed by atoms with Gasteiger partial charge in [-0.15, -0.1) is 0 Å². The summed E-state index contributed by atoms with van der Waals surface area (Å²) in [5.41, 5.74) is 1.54. The van der Waals surface area contributed by atoms with Crippen LogP contribution in [0.1, 0.15) is 16.1 Å². The molecule has 0 spiro atoms. The lowest BCUT2D eigenvalue weighted by atomic mass is 10.2. The standard InChI is InChI=1S/C12H17N3O/c1-10-4-3-5-13-11(10)12(16)15-8-6-14(2)7-9-15/h3-5H,6-9H2,1-2H3. The number of hydrogen-bond donors (Lipinski definition) is 0. The third-order valence-electron chi connectivity index (χ3n) is 3.00. The third-order valence-corrected chi connectivity index (χ3v) is 3.00. The van der Waals surface area contributed by atoms with Crippen LogP contribution < -0.4 is 0 Å². The van der Waals surface area contributed by atoms with E-state index in [0.29, 0.717) is 5.69 Å². The van der Waals surface area contributed by atoms with Gasteiger partial charge >= 0.3 is 0 Å². The van der Waals surface area contributed by atoms with E-state index in [4.69, 9.17) is 0 Å². The van der Waals surface area contributed by atoms with Crippen molar-refractivity contribution in [2.45, 2.75) is 6.92 Å². The van der Waals surface area contributed by atoms with Gasteiger partial charge in [-0.25, -0.2) is 0 Å². The summed E-state index contributed by atoms with van der Waals surface area (Å²) in [4.78, 5) is 20.5. The highest BCUT2D eigenvalue weighted by molar-refractivity contribution is 5.93. The first-order valence-corrected chi connectivity index (χ1v) is 5.58. The molecular weight excluding hydrogens is 202 g/mol. The molecule has 2 heterocycles. The van der Waals surface area contributed by atoms with Crippen LogP contribution in [0.4, 0.5) is 0 Å². The Morgan fingerprint density at radius 2 is 2.00 bits per heavy atom. The monoisotopic (exact) mass is 219 g/mol. The van der Waals surface area contributed by atoms with E-state index in [-0.39, 0.29) is 5.91 Å². The van der Waals surface area contributed by atoms with E-state index < -0.39 is 0 Å². The highest BCUT2D eigenvalue weighted by Gasteiger charge is 2.22. The molecule has 1 aromatic rings. The van der Waals surface area contributed by atoms with E-state index in [1.807, 2.05) is 24.0 Å². The molecule has 86 valence electrons. The lowest BCUT2D eigenvalue weighted by molar-refractivity contribution is 0.0657. The van der Waals surface area contributed by atoms with Crippen LogP contribution in [0.2, 0.25) is 0 Å². The van der Waals surface area contributed by atoms with Crippen LogP contribution in [0.25, 0.3) is 0 Å². The Kier molecular flexibility index (Phi) is 3.19. The lowest BCUT2D eigenvalue weighted by Gasteiger charge is -2.32. The number of piperazine rings is 1. The van der Waals surface area contributed by atoms with Gasteiger partial charge in [-0.05, 0) is 25.6 Å². The van der Waals surface area contributed by atoms with E-state index in [1.54, 1.807) is 6.20 Å². The fourth-order valence-electron chi connectivity index (χ4n) is 1.87. The Morgan fingerprint density at radius 1 is 1.31 bits per heavy atom. The van der Waals surface area contributed by atoms with Crippen LogP contribution in [0.15, 0.2) is 18.3 Å². The normalized spacial score (nSPS) is 17.5. The quantitative estimate of drug-likeness (QED) is 0.700. The molecule has 1 aliphatic rings. The number of nitrogens with zero attached hydrogens (tertiary/aromatic N) is 3. The van der Waals surface area contributed by atoms with E-state index >= 15 is 0 Å². The van der Waals surface area contributed by atoms with E-state index in [1.165, 1.54) is 0 Å². The Bertz CT molecular complexity index is 384. The predicted molar refractivity (Wildman–Crippen MR) is 62.4 cm³/mol. The fraction of sp³-hybridized carbons (Fsp3) is 0.500. The molecule has 4 nitrogen and oxygen atoms in total. The molecule has 0 bridgehead atoms. The molecule has 2 rings (SSSR count). The maximum atomic E-state index is 12.2. The Balaban J connectivity index is 2.11. The van der Waals surface area contributed by atoms with E-state index in [2.05, 4.69) is 16.9 Å². The van der Waals surface area contributed by atoms with Crippen LogP contribution in [0.5, 0.6) is 0 Å². The average molecular weight is 219 g/mol. The number of likely N-dealkylation sites (N-methyl/N-ethyl adjacent to an activating group) is 1. The summed E-state index contributed by atoms with van der Waals surface area (Å²) in [6, 6.07) is 3.78. The first-order chi connectivity index (χ1) is 7.68. The average Bonchev–Trinajstić information content (AvgIpc) is 2.30. The number of pyridine rings is 1. The number of aromatic nitrogens is 1. The molecule has 16 heavy (non-hydrogen) atoms. The van der Waals surface area contributed by atoms with Gasteiger partial charge in [0.25, 0.3) is 5.91 Å². The molecule has 4 heteroatoms. The minimum atomic E-state index is 0.0613. The summed E-state index contributed by atoms with van der Waals surface area (Å²) >= 11 is 0. The highest BCUT2D eigenvalue weighted by Crippen LogP contribution is 2.09. The van der Waals surface area contributed by atoms with E-state index in [0.717, 1.165) is 31.7 Å². The second kappa shape index (κ2) is 4.61. The van der Waals surface area contributed by atoms with Crippen LogP contribution in [-0.4, -0.2) is 53.9 Å². The summed E-state index contributed by atoms with van der Waals surface area (Å²) in [7, 11) is 2.08. The summed E-state index contributed by atoms with van der Waals surface area (Å²) in [6.45, 7) is 5.41. The maximum Gasteiger partial charge on any atom is 0.272 e. The van der Waals surface area contributed by atoms with Gasteiger partial charge < -0.3 is 9.80 Å². The molecule has 1 aromatic heterocycles. The van der Waals surface area contributed by atoms with Crippen molar-refractivity contribution < 1.29 is 4.79 Å². The number of hydrogen-bond acceptors (Lipinski definition) is 3. The molecule has 1 fully saturated rings. The number of aryl methyl sites for hydroxylation is 1. The van der Waals surface area contributed by atoms with Gasteiger partial charge in [-0.2, -0.15) is 0 Å². The van der Waals surface area contributed by atoms with Gasteiger partial charge in [-0.1, -0.05) is 6.07 Å². The van der Waals surface area contributed by atoms with Gasteiger partial charge in [-0.3, -0.25) is 9.78 Å². The fourth-order valence-corrected chi connectivity index (χ4v) is 1.87. The second-order valence-electron chi connectivity index (χ2n) is 4.26. The van der Waals surface area contributed by atoms with Crippen molar-refractivity contribution in [2.75, 3.05) is 33.2 Å². The van der Waals surface area contributed by atoms with Crippen molar-refractivity contribution in [1.82, 2.24) is 14.8 Å². The van der Waals surface area contributed by atoms with Gasteiger partial charge in [0.1, 0.15) is 5.69 Å². The largest absolute Gasteiger partial charge is 0.335 e. The maximum absolute atomic E-state index is 12.2. The van der Waals surface area contributed by atoms with Crippen molar-refractivity contribution in [3.63, 3.8) is 0 Å². The van der Waals surface area contributed by atoms with Crippen molar-refractivity contribution in [1.29, 1.82) is 0 Å². The van der Waals surface area contributed by atoms with Crippen molar-refractivity contribution in [3.8, 4) is 0 Å². The topological polar surface area (TPSA) is 36.4 Å². The van der Waals surface area contributed by atoms with Gasteiger partial charge in [0, 0.05) is 32.4 Å². The van der Waals surface area contributed by atoms with Gasteiger partial charge in [0.2, 0.25) is 0 Å². The number of amides is 1. The highest BCUT2D eigenvalue weighted by atomic mass is 16.2. The smallest absolute Gasteiger partial charge is 0.272 e. The van der Waals surface area contributed by atoms with Crippen LogP contribution in [0.3, 0.4) is 0 Å². The van der Waals surface area contributed by atoms with Crippen LogP contribution >= 0.6 is 0 Å². The van der Waals surface area contributed by atoms with E-state index in [9.17, 15) is 4.79 Å². The van der Waals surface area contributed by atoms with Crippen molar-refractivity contribution in [2.24, 2.45) is 0 Å². The summed E-state index contributed by atoms with van der Waals surface area (Å²) in [5.74, 6) is 0.0613. The minimum Gasteiger partial charge on any atom is -0.335 e. The zero-order valence-corrected chi connectivity index (χ0v) is 9.81. The van der Waals surface area contributed by atoms with Gasteiger partial charge in [0.15, 0.2) is 0 Å². The van der Waals surface area contributed by atoms with Crippen LogP contribution in [0, 0.1) is 6.92 Å². The molecule has 0 aliphatic carbocycles. The summed E-state index contributed by atoms with van der Waals surface area (Å²) < 4.78 is 0. The molecule has 1 aliphatic heterocycles. The molecule has 0 unspecified atom stereocenters. The Hall–Kier alpha value is -1.42. The number of carbonyl (C=O) groups is 1. The SMILES string of the molecule is Cc1cccnc1C(=O)N1CCN(C)CC1. The summed E-state index contributed by atoms with van der Waals surface area (Å²) in [5, 5.41) is 0. The zero-order chi connectivity index (χ0) is 11.5. The first kappa shape index (κ1) is 11.1. The van der Waals surface area contributed by atoms with Crippen molar-refractivity contribution in [3.05, 3.63) is 29.6 Å². The lowest BCUT2D eigenvalue weighted by Crippen LogP contribution is -2.47. The number of carbonyl (C=O) groups excluding carboxylic acids is 1. The van der Waals surface area contributed by atoms with Gasteiger partial charge in [0.05, 0.1) is 0 Å². The molecule has 0 saturated carbocycles. The molecule has 0 aromatic carbocycles. The molecule has 0 N–H and O–H groups in total. The minimum absolute atomic E-state index is 0.0613. The molecular formula is C12H17N3O. The molecule has 1 amide bonds. The Labute approximate surface area is 95.9 Å². The summed E-state index contributed by atoms with van der Waals surface area (Å²) in [6.07, 6.45) is 1.68. The van der Waals surface area contributed by atoms with Crippen molar-refractivity contribution >= 4 is 5.91 Å². The molecule has 0 radical (unpaired) electrons. The first-order valence-electron chi connectivity index (χ1n) is 5.58. The van der Waals surface area contributed by atoms with Crippen LogP contribution in [-0.2, 0) is 0 Å². The molecule has 1 saturated heterocycles. The zero-order valence-electron chi connectivity index (χ0n) is 9.81. The predicted octanol–water partition coefficient (Wildman–Crippen LogP) is 0.778. The molecule has 0 atom stereocenters.